The molecule has 1 aromatic carbocycles. The topological polar surface area (TPSA) is 35.2 Å². The highest BCUT2D eigenvalue weighted by atomic mass is 35.5. The SMILES string of the molecule is COc1ccc(Cl)c(C)c1/C=C/CN. The van der Waals surface area contributed by atoms with Crippen molar-refractivity contribution in [1.29, 1.82) is 0 Å². The molecule has 0 radical (unpaired) electrons. The summed E-state index contributed by atoms with van der Waals surface area (Å²) in [6, 6.07) is 3.68. The van der Waals surface area contributed by atoms with Crippen molar-refractivity contribution in [2.45, 2.75) is 6.92 Å². The van der Waals surface area contributed by atoms with Gasteiger partial charge in [0.2, 0.25) is 0 Å². The maximum absolute atomic E-state index is 6.00. The van der Waals surface area contributed by atoms with Crippen molar-refractivity contribution in [3.63, 3.8) is 0 Å². The molecule has 0 aromatic heterocycles. The zero-order valence-electron chi connectivity index (χ0n) is 8.38. The Hall–Kier alpha value is -0.990. The highest BCUT2D eigenvalue weighted by Gasteiger charge is 2.05. The molecule has 0 amide bonds. The maximum atomic E-state index is 6.00. The lowest BCUT2D eigenvalue weighted by atomic mass is 10.1. The number of benzene rings is 1. The standard InChI is InChI=1S/C11H14ClNO/c1-8-9(4-3-7-13)11(14-2)6-5-10(8)12/h3-6H,7,13H2,1-2H3/b4-3+. The van der Waals surface area contributed by atoms with E-state index in [1.165, 1.54) is 0 Å². The number of nitrogens with two attached hydrogens (primary N) is 1. The van der Waals surface area contributed by atoms with Crippen LogP contribution < -0.4 is 10.5 Å². The molecule has 0 atom stereocenters. The van der Waals surface area contributed by atoms with Gasteiger partial charge in [0.05, 0.1) is 7.11 Å². The normalized spacial score (nSPS) is 10.9. The second-order valence-electron chi connectivity index (χ2n) is 2.93. The van der Waals surface area contributed by atoms with Gasteiger partial charge in [-0.1, -0.05) is 23.8 Å². The smallest absolute Gasteiger partial charge is 0.126 e. The van der Waals surface area contributed by atoms with Crippen LogP contribution in [0.3, 0.4) is 0 Å². The zero-order chi connectivity index (χ0) is 10.6. The third-order valence-corrected chi connectivity index (χ3v) is 2.46. The fourth-order valence-electron chi connectivity index (χ4n) is 1.25. The molecular weight excluding hydrogens is 198 g/mol. The molecule has 14 heavy (non-hydrogen) atoms. The van der Waals surface area contributed by atoms with E-state index in [4.69, 9.17) is 22.1 Å². The Morgan fingerprint density at radius 3 is 2.79 bits per heavy atom. The van der Waals surface area contributed by atoms with E-state index in [2.05, 4.69) is 0 Å². The third kappa shape index (κ3) is 2.28. The van der Waals surface area contributed by atoms with Gasteiger partial charge in [0.1, 0.15) is 5.75 Å². The van der Waals surface area contributed by atoms with Crippen LogP contribution in [0.2, 0.25) is 5.02 Å². The third-order valence-electron chi connectivity index (χ3n) is 2.05. The molecule has 76 valence electrons. The van der Waals surface area contributed by atoms with Gasteiger partial charge in [-0.2, -0.15) is 0 Å². The van der Waals surface area contributed by atoms with Crippen LogP contribution in [0.1, 0.15) is 11.1 Å². The molecule has 0 unspecified atom stereocenters. The predicted molar refractivity (Wildman–Crippen MR) is 60.8 cm³/mol. The quantitative estimate of drug-likeness (QED) is 0.834. The minimum absolute atomic E-state index is 0.509. The van der Waals surface area contributed by atoms with Crippen molar-refractivity contribution in [3.8, 4) is 5.75 Å². The number of halogens is 1. The maximum Gasteiger partial charge on any atom is 0.126 e. The summed E-state index contributed by atoms with van der Waals surface area (Å²) in [6.07, 6.45) is 3.81. The fourth-order valence-corrected chi connectivity index (χ4v) is 1.41. The van der Waals surface area contributed by atoms with Crippen molar-refractivity contribution >= 4 is 17.7 Å². The highest BCUT2D eigenvalue weighted by molar-refractivity contribution is 6.31. The lowest BCUT2D eigenvalue weighted by Crippen LogP contribution is -1.94. The van der Waals surface area contributed by atoms with Gasteiger partial charge >= 0.3 is 0 Å². The van der Waals surface area contributed by atoms with Gasteiger partial charge in [-0.25, -0.2) is 0 Å². The number of ether oxygens (including phenoxy) is 1. The molecule has 0 aliphatic heterocycles. The van der Waals surface area contributed by atoms with Crippen molar-refractivity contribution < 1.29 is 4.74 Å². The van der Waals surface area contributed by atoms with Crippen LogP contribution in [-0.4, -0.2) is 13.7 Å². The summed E-state index contributed by atoms with van der Waals surface area (Å²) in [7, 11) is 1.64. The molecule has 0 saturated heterocycles. The van der Waals surface area contributed by atoms with E-state index >= 15 is 0 Å². The van der Waals surface area contributed by atoms with Gasteiger partial charge in [-0.05, 0) is 24.6 Å². The Balaban J connectivity index is 3.21. The second-order valence-corrected chi connectivity index (χ2v) is 3.33. The first-order chi connectivity index (χ1) is 6.70. The van der Waals surface area contributed by atoms with Gasteiger partial charge in [0, 0.05) is 17.1 Å². The Labute approximate surface area is 89.3 Å². The van der Waals surface area contributed by atoms with Crippen LogP contribution in [0.4, 0.5) is 0 Å². The molecule has 0 spiro atoms. The van der Waals surface area contributed by atoms with E-state index in [1.807, 2.05) is 31.2 Å². The van der Waals surface area contributed by atoms with E-state index in [-0.39, 0.29) is 0 Å². The zero-order valence-corrected chi connectivity index (χ0v) is 9.14. The molecule has 0 fully saturated rings. The predicted octanol–water partition coefficient (Wildman–Crippen LogP) is 2.63. The summed E-state index contributed by atoms with van der Waals surface area (Å²) in [4.78, 5) is 0. The number of hydrogen-bond acceptors (Lipinski definition) is 2. The van der Waals surface area contributed by atoms with E-state index in [1.54, 1.807) is 7.11 Å². The summed E-state index contributed by atoms with van der Waals surface area (Å²) in [5.41, 5.74) is 7.40. The lowest BCUT2D eigenvalue weighted by Gasteiger charge is -2.09. The summed E-state index contributed by atoms with van der Waals surface area (Å²) < 4.78 is 5.23. The molecule has 0 saturated carbocycles. The highest BCUT2D eigenvalue weighted by Crippen LogP contribution is 2.28. The molecule has 1 aromatic rings. The van der Waals surface area contributed by atoms with Crippen LogP contribution in [-0.2, 0) is 0 Å². The van der Waals surface area contributed by atoms with E-state index in [0.29, 0.717) is 6.54 Å². The molecule has 0 heterocycles. The van der Waals surface area contributed by atoms with E-state index in [9.17, 15) is 0 Å². The Morgan fingerprint density at radius 1 is 1.50 bits per heavy atom. The summed E-state index contributed by atoms with van der Waals surface area (Å²) in [5.74, 6) is 0.816. The summed E-state index contributed by atoms with van der Waals surface area (Å²) >= 11 is 6.00. The number of hydrogen-bond donors (Lipinski definition) is 1. The fraction of sp³-hybridized carbons (Fsp3) is 0.273. The summed E-state index contributed by atoms with van der Waals surface area (Å²) in [5, 5.41) is 0.738. The van der Waals surface area contributed by atoms with E-state index < -0.39 is 0 Å². The molecule has 1 rings (SSSR count). The molecule has 0 bridgehead atoms. The monoisotopic (exact) mass is 211 g/mol. The van der Waals surface area contributed by atoms with Crippen molar-refractivity contribution in [2.75, 3.05) is 13.7 Å². The van der Waals surface area contributed by atoms with Crippen LogP contribution in [0.15, 0.2) is 18.2 Å². The van der Waals surface area contributed by atoms with Gasteiger partial charge in [0.25, 0.3) is 0 Å². The molecule has 0 aliphatic rings. The first kappa shape index (κ1) is 11.1. The van der Waals surface area contributed by atoms with Crippen LogP contribution >= 0.6 is 11.6 Å². The largest absolute Gasteiger partial charge is 0.496 e. The Morgan fingerprint density at radius 2 is 2.21 bits per heavy atom. The van der Waals surface area contributed by atoms with Crippen LogP contribution in [0.25, 0.3) is 6.08 Å². The van der Waals surface area contributed by atoms with Crippen molar-refractivity contribution in [2.24, 2.45) is 5.73 Å². The van der Waals surface area contributed by atoms with Crippen molar-refractivity contribution in [3.05, 3.63) is 34.4 Å². The van der Waals surface area contributed by atoms with Crippen LogP contribution in [0.5, 0.6) is 5.75 Å². The Bertz CT molecular complexity index is 347. The second kappa shape index (κ2) is 5.03. The minimum atomic E-state index is 0.509. The number of rotatable bonds is 3. The molecule has 0 aliphatic carbocycles. The first-order valence-corrected chi connectivity index (χ1v) is 4.78. The first-order valence-electron chi connectivity index (χ1n) is 4.40. The van der Waals surface area contributed by atoms with Gasteiger partial charge < -0.3 is 10.5 Å². The summed E-state index contributed by atoms with van der Waals surface area (Å²) in [6.45, 7) is 2.47. The number of methoxy groups -OCH3 is 1. The molecule has 2 nitrogen and oxygen atoms in total. The molecule has 3 heteroatoms. The minimum Gasteiger partial charge on any atom is -0.496 e. The van der Waals surface area contributed by atoms with Crippen molar-refractivity contribution in [1.82, 2.24) is 0 Å². The van der Waals surface area contributed by atoms with Gasteiger partial charge in [-0.15, -0.1) is 0 Å². The lowest BCUT2D eigenvalue weighted by molar-refractivity contribution is 0.413. The average molecular weight is 212 g/mol. The molecule has 2 N–H and O–H groups in total. The molecular formula is C11H14ClNO. The van der Waals surface area contributed by atoms with E-state index in [0.717, 1.165) is 21.9 Å². The van der Waals surface area contributed by atoms with Crippen LogP contribution in [0, 0.1) is 6.92 Å². The Kier molecular flexibility index (Phi) is 3.98. The average Bonchev–Trinajstić information content (AvgIpc) is 2.20. The van der Waals surface area contributed by atoms with Gasteiger partial charge in [0.15, 0.2) is 0 Å². The van der Waals surface area contributed by atoms with Gasteiger partial charge in [-0.3, -0.25) is 0 Å².